The van der Waals surface area contributed by atoms with Crippen molar-refractivity contribution in [3.05, 3.63) is 24.2 Å². The van der Waals surface area contributed by atoms with Crippen molar-refractivity contribution in [1.29, 1.82) is 0 Å². The second kappa shape index (κ2) is 5.29. The van der Waals surface area contributed by atoms with Crippen molar-refractivity contribution < 1.29 is 9.15 Å². The molecule has 19 heavy (non-hydrogen) atoms. The van der Waals surface area contributed by atoms with Crippen molar-refractivity contribution in [2.45, 2.75) is 64.7 Å². The molecule has 1 aliphatic rings. The highest BCUT2D eigenvalue weighted by atomic mass is 16.5. The molecule has 0 radical (unpaired) electrons. The summed E-state index contributed by atoms with van der Waals surface area (Å²) in [5, 5.41) is 3.67. The van der Waals surface area contributed by atoms with Crippen LogP contribution in [0, 0.1) is 5.92 Å². The van der Waals surface area contributed by atoms with E-state index in [2.05, 4.69) is 46.0 Å². The minimum absolute atomic E-state index is 0.0515. The van der Waals surface area contributed by atoms with Crippen LogP contribution in [-0.2, 0) is 4.74 Å². The zero-order chi connectivity index (χ0) is 14.1. The number of ether oxygens (including phenoxy) is 1. The van der Waals surface area contributed by atoms with Crippen LogP contribution in [0.5, 0.6) is 0 Å². The van der Waals surface area contributed by atoms with Crippen molar-refractivity contribution in [1.82, 2.24) is 5.32 Å². The summed E-state index contributed by atoms with van der Waals surface area (Å²) in [5.74, 6) is 0.451. The number of furan rings is 1. The van der Waals surface area contributed by atoms with E-state index >= 15 is 0 Å². The number of hydrogen-bond donors (Lipinski definition) is 1. The summed E-state index contributed by atoms with van der Waals surface area (Å²) in [4.78, 5) is 0. The highest BCUT2D eigenvalue weighted by molar-refractivity contribution is 5.16. The fourth-order valence-corrected chi connectivity index (χ4v) is 3.37. The predicted molar refractivity (Wildman–Crippen MR) is 77.1 cm³/mol. The van der Waals surface area contributed by atoms with Crippen molar-refractivity contribution in [3.63, 3.8) is 0 Å². The third-order valence-corrected chi connectivity index (χ3v) is 4.06. The van der Waals surface area contributed by atoms with Gasteiger partial charge in [0.05, 0.1) is 23.7 Å². The quantitative estimate of drug-likeness (QED) is 0.876. The van der Waals surface area contributed by atoms with Crippen LogP contribution in [0.2, 0.25) is 0 Å². The second-order valence-electron chi connectivity index (χ2n) is 6.76. The van der Waals surface area contributed by atoms with Gasteiger partial charge in [-0.1, -0.05) is 6.92 Å². The lowest BCUT2D eigenvalue weighted by Gasteiger charge is -2.33. The molecule has 2 rings (SSSR count). The number of hydrogen-bond acceptors (Lipinski definition) is 3. The van der Waals surface area contributed by atoms with Crippen LogP contribution < -0.4 is 5.32 Å². The summed E-state index contributed by atoms with van der Waals surface area (Å²) < 4.78 is 11.5. The first-order valence-corrected chi connectivity index (χ1v) is 7.31. The molecule has 1 aromatic rings. The molecule has 0 aliphatic carbocycles. The molecule has 2 atom stereocenters. The van der Waals surface area contributed by atoms with E-state index in [4.69, 9.17) is 9.15 Å². The van der Waals surface area contributed by atoms with Gasteiger partial charge in [-0.2, -0.15) is 0 Å². The van der Waals surface area contributed by atoms with Crippen molar-refractivity contribution in [2.75, 3.05) is 6.54 Å². The fraction of sp³-hybridized carbons (Fsp3) is 0.750. The summed E-state index contributed by atoms with van der Waals surface area (Å²) in [5.41, 5.74) is 1.06. The molecule has 0 spiro atoms. The molecule has 1 N–H and O–H groups in total. The van der Waals surface area contributed by atoms with Crippen LogP contribution in [0.25, 0.3) is 0 Å². The first kappa shape index (κ1) is 14.6. The van der Waals surface area contributed by atoms with Gasteiger partial charge in [-0.15, -0.1) is 0 Å². The van der Waals surface area contributed by atoms with E-state index in [-0.39, 0.29) is 11.2 Å². The Morgan fingerprint density at radius 3 is 2.58 bits per heavy atom. The van der Waals surface area contributed by atoms with Crippen molar-refractivity contribution >= 4 is 0 Å². The van der Waals surface area contributed by atoms with Gasteiger partial charge >= 0.3 is 0 Å². The van der Waals surface area contributed by atoms with Gasteiger partial charge in [-0.3, -0.25) is 0 Å². The van der Waals surface area contributed by atoms with E-state index in [9.17, 15) is 0 Å². The number of rotatable bonds is 5. The van der Waals surface area contributed by atoms with Crippen LogP contribution in [-0.4, -0.2) is 17.7 Å². The first-order chi connectivity index (χ1) is 8.86. The largest absolute Gasteiger partial charge is 0.472 e. The van der Waals surface area contributed by atoms with Crippen LogP contribution in [0.3, 0.4) is 0 Å². The Bertz CT molecular complexity index is 395. The zero-order valence-electron chi connectivity index (χ0n) is 12.8. The van der Waals surface area contributed by atoms with Gasteiger partial charge in [0.2, 0.25) is 0 Å². The summed E-state index contributed by atoms with van der Waals surface area (Å²) in [7, 11) is 0. The molecule has 1 aliphatic heterocycles. The lowest BCUT2D eigenvalue weighted by molar-refractivity contribution is -0.0778. The SMILES string of the molecule is CCCNC(c1ccoc1)C1CC(C)(C)OC1(C)C. The Balaban J connectivity index is 2.23. The lowest BCUT2D eigenvalue weighted by Crippen LogP contribution is -2.38. The maximum atomic E-state index is 6.24. The van der Waals surface area contributed by atoms with Gasteiger partial charge in [0.25, 0.3) is 0 Å². The van der Waals surface area contributed by atoms with Crippen molar-refractivity contribution in [3.8, 4) is 0 Å². The second-order valence-corrected chi connectivity index (χ2v) is 6.76. The Morgan fingerprint density at radius 2 is 2.11 bits per heavy atom. The van der Waals surface area contributed by atoms with Gasteiger partial charge in [0.15, 0.2) is 0 Å². The molecular weight excluding hydrogens is 238 g/mol. The molecule has 0 aromatic carbocycles. The third-order valence-electron chi connectivity index (χ3n) is 4.06. The molecule has 1 saturated heterocycles. The Hall–Kier alpha value is -0.800. The molecule has 1 aromatic heterocycles. The molecule has 108 valence electrons. The molecule has 2 heterocycles. The third kappa shape index (κ3) is 3.21. The van der Waals surface area contributed by atoms with E-state index < -0.39 is 0 Å². The standard InChI is InChI=1S/C16H27NO2/c1-6-8-17-14(12-7-9-18-11-12)13-10-15(2,3)19-16(13,4)5/h7,9,11,13-14,17H,6,8,10H2,1-5H3. The first-order valence-electron chi connectivity index (χ1n) is 7.31. The maximum Gasteiger partial charge on any atom is 0.0950 e. The average molecular weight is 265 g/mol. The molecule has 0 bridgehead atoms. The van der Waals surface area contributed by atoms with E-state index in [1.165, 1.54) is 5.56 Å². The van der Waals surface area contributed by atoms with Crippen LogP contribution in [0.1, 0.15) is 59.1 Å². The van der Waals surface area contributed by atoms with Gasteiger partial charge in [-0.05, 0) is 53.1 Å². The van der Waals surface area contributed by atoms with Gasteiger partial charge < -0.3 is 14.5 Å². The molecule has 0 saturated carbocycles. The highest BCUT2D eigenvalue weighted by Crippen LogP contribution is 2.47. The van der Waals surface area contributed by atoms with Crippen LogP contribution in [0.4, 0.5) is 0 Å². The summed E-state index contributed by atoms with van der Waals surface area (Å²) in [6.07, 6.45) is 5.80. The van der Waals surface area contributed by atoms with E-state index in [1.54, 1.807) is 6.26 Å². The van der Waals surface area contributed by atoms with Crippen LogP contribution >= 0.6 is 0 Å². The molecule has 3 nitrogen and oxygen atoms in total. The molecule has 1 fully saturated rings. The van der Waals surface area contributed by atoms with E-state index in [0.29, 0.717) is 12.0 Å². The van der Waals surface area contributed by atoms with Gasteiger partial charge in [0.1, 0.15) is 0 Å². The summed E-state index contributed by atoms with van der Waals surface area (Å²) in [6.45, 7) is 12.0. The summed E-state index contributed by atoms with van der Waals surface area (Å²) in [6, 6.07) is 2.37. The average Bonchev–Trinajstić information content (AvgIpc) is 2.86. The Labute approximate surface area is 116 Å². The van der Waals surface area contributed by atoms with Crippen molar-refractivity contribution in [2.24, 2.45) is 5.92 Å². The minimum atomic E-state index is -0.119. The maximum absolute atomic E-state index is 6.24. The smallest absolute Gasteiger partial charge is 0.0950 e. The van der Waals surface area contributed by atoms with Gasteiger partial charge in [-0.25, -0.2) is 0 Å². The number of nitrogens with one attached hydrogen (secondary N) is 1. The zero-order valence-corrected chi connectivity index (χ0v) is 12.8. The topological polar surface area (TPSA) is 34.4 Å². The molecule has 3 heteroatoms. The Kier molecular flexibility index (Phi) is 4.07. The fourth-order valence-electron chi connectivity index (χ4n) is 3.37. The van der Waals surface area contributed by atoms with Gasteiger partial charge in [0, 0.05) is 17.5 Å². The summed E-state index contributed by atoms with van der Waals surface area (Å²) >= 11 is 0. The molecular formula is C16H27NO2. The molecule has 0 amide bonds. The molecule has 2 unspecified atom stereocenters. The highest BCUT2D eigenvalue weighted by Gasteiger charge is 2.49. The Morgan fingerprint density at radius 1 is 1.37 bits per heavy atom. The predicted octanol–water partition coefficient (Wildman–Crippen LogP) is 3.91. The van der Waals surface area contributed by atoms with Crippen LogP contribution in [0.15, 0.2) is 23.0 Å². The van der Waals surface area contributed by atoms with E-state index in [0.717, 1.165) is 19.4 Å². The monoisotopic (exact) mass is 265 g/mol. The normalized spacial score (nSPS) is 26.5. The minimum Gasteiger partial charge on any atom is -0.472 e. The lowest BCUT2D eigenvalue weighted by atomic mass is 9.79. The van der Waals surface area contributed by atoms with E-state index in [1.807, 2.05) is 6.26 Å².